The minimum absolute atomic E-state index is 0.0645. The van der Waals surface area contributed by atoms with E-state index in [0.717, 1.165) is 17.8 Å². The van der Waals surface area contributed by atoms with Gasteiger partial charge in [0.1, 0.15) is 12.0 Å². The maximum absolute atomic E-state index is 10.4. The number of nitro groups is 1. The molecule has 5 heteroatoms. The van der Waals surface area contributed by atoms with Gasteiger partial charge in [-0.25, -0.2) is 4.98 Å². The molecule has 1 aromatic rings. The first kappa shape index (κ1) is 7.97. The number of rotatable bonds is 1. The molecule has 1 N–H and O–H groups in total. The van der Waals surface area contributed by atoms with Crippen LogP contribution in [-0.2, 0) is 6.42 Å². The van der Waals surface area contributed by atoms with E-state index in [4.69, 9.17) is 0 Å². The third-order valence-electron chi connectivity index (χ3n) is 2.07. The van der Waals surface area contributed by atoms with Gasteiger partial charge in [-0.15, -0.1) is 0 Å². The number of nitrogens with one attached hydrogen (secondary N) is 1. The Morgan fingerprint density at radius 2 is 2.54 bits per heavy atom. The summed E-state index contributed by atoms with van der Waals surface area (Å²) >= 11 is 0. The third-order valence-corrected chi connectivity index (χ3v) is 2.07. The third kappa shape index (κ3) is 1.32. The smallest absolute Gasteiger partial charge is 0.288 e. The van der Waals surface area contributed by atoms with Gasteiger partial charge in [-0.05, 0) is 13.3 Å². The summed E-state index contributed by atoms with van der Waals surface area (Å²) in [6.07, 6.45) is 2.09. The van der Waals surface area contributed by atoms with Crippen molar-refractivity contribution in [1.29, 1.82) is 0 Å². The molecule has 0 saturated carbocycles. The van der Waals surface area contributed by atoms with Gasteiger partial charge in [-0.3, -0.25) is 10.1 Å². The molecule has 1 aromatic heterocycles. The van der Waals surface area contributed by atoms with Gasteiger partial charge in [0, 0.05) is 17.7 Å². The Bertz CT molecular complexity index is 364. The topological polar surface area (TPSA) is 68.1 Å². The second kappa shape index (κ2) is 2.69. The van der Waals surface area contributed by atoms with Gasteiger partial charge >= 0.3 is 0 Å². The van der Waals surface area contributed by atoms with E-state index in [1.165, 1.54) is 6.20 Å². The van der Waals surface area contributed by atoms with Crippen LogP contribution in [0.3, 0.4) is 0 Å². The minimum atomic E-state index is -0.420. The van der Waals surface area contributed by atoms with Gasteiger partial charge in [0.15, 0.2) is 0 Å². The predicted octanol–water partition coefficient (Wildman–Crippen LogP) is 1.35. The summed E-state index contributed by atoms with van der Waals surface area (Å²) in [4.78, 5) is 14.0. The molecule has 0 radical (unpaired) electrons. The fourth-order valence-corrected chi connectivity index (χ4v) is 1.50. The summed E-state index contributed by atoms with van der Waals surface area (Å²) in [7, 11) is 0. The summed E-state index contributed by atoms with van der Waals surface area (Å²) in [6, 6.07) is 1.91. The Balaban J connectivity index is 2.40. The van der Waals surface area contributed by atoms with Crippen molar-refractivity contribution in [3.63, 3.8) is 0 Å². The average molecular weight is 179 g/mol. The van der Waals surface area contributed by atoms with Gasteiger partial charge < -0.3 is 5.32 Å². The zero-order valence-corrected chi connectivity index (χ0v) is 7.15. The number of hydrogen-bond donors (Lipinski definition) is 1. The van der Waals surface area contributed by atoms with Crippen LogP contribution >= 0.6 is 0 Å². The molecular weight excluding hydrogens is 170 g/mol. The first-order valence-electron chi connectivity index (χ1n) is 4.06. The van der Waals surface area contributed by atoms with Crippen molar-refractivity contribution < 1.29 is 4.92 Å². The van der Waals surface area contributed by atoms with Crippen LogP contribution in [0, 0.1) is 10.1 Å². The molecule has 0 aromatic carbocycles. The number of nitrogens with zero attached hydrogens (tertiary/aromatic N) is 2. The van der Waals surface area contributed by atoms with Crippen LogP contribution in [0.2, 0.25) is 0 Å². The average Bonchev–Trinajstić information content (AvgIpc) is 2.42. The van der Waals surface area contributed by atoms with Crippen LogP contribution in [0.1, 0.15) is 12.5 Å². The van der Waals surface area contributed by atoms with E-state index in [1.807, 2.05) is 6.92 Å². The fraction of sp³-hybridized carbons (Fsp3) is 0.375. The standard InChI is InChI=1S/C8H9N3O2/c1-5-2-6-3-7(11(12)13)4-9-8(6)10-5/h3-5H,2H2,1H3,(H,9,10). The van der Waals surface area contributed by atoms with Crippen LogP contribution in [0.25, 0.3) is 0 Å². The summed E-state index contributed by atoms with van der Waals surface area (Å²) in [5.74, 6) is 0.776. The number of hydrogen-bond acceptors (Lipinski definition) is 4. The largest absolute Gasteiger partial charge is 0.367 e. The zero-order valence-electron chi connectivity index (χ0n) is 7.15. The normalized spacial score (nSPS) is 19.3. The Hall–Kier alpha value is -1.65. The second-order valence-corrected chi connectivity index (χ2v) is 3.21. The quantitative estimate of drug-likeness (QED) is 0.521. The molecule has 0 amide bonds. The molecule has 0 fully saturated rings. The highest BCUT2D eigenvalue weighted by Gasteiger charge is 2.20. The highest BCUT2D eigenvalue weighted by Crippen LogP contribution is 2.26. The molecule has 13 heavy (non-hydrogen) atoms. The van der Waals surface area contributed by atoms with Crippen LogP contribution in [0.5, 0.6) is 0 Å². The first-order valence-corrected chi connectivity index (χ1v) is 4.06. The monoisotopic (exact) mass is 179 g/mol. The summed E-state index contributed by atoms with van der Waals surface area (Å²) in [6.45, 7) is 2.02. The fourth-order valence-electron chi connectivity index (χ4n) is 1.50. The number of pyridine rings is 1. The van der Waals surface area contributed by atoms with Crippen LogP contribution in [0.15, 0.2) is 12.3 Å². The van der Waals surface area contributed by atoms with Crippen molar-refractivity contribution in [1.82, 2.24) is 4.98 Å². The molecule has 1 aliphatic rings. The molecule has 0 bridgehead atoms. The summed E-state index contributed by atoms with van der Waals surface area (Å²) in [5, 5.41) is 13.6. The molecule has 0 saturated heterocycles. The molecule has 2 rings (SSSR count). The number of fused-ring (bicyclic) bond motifs is 1. The van der Waals surface area contributed by atoms with Crippen molar-refractivity contribution in [3.05, 3.63) is 27.9 Å². The van der Waals surface area contributed by atoms with Gasteiger partial charge in [0.2, 0.25) is 0 Å². The second-order valence-electron chi connectivity index (χ2n) is 3.21. The predicted molar refractivity (Wildman–Crippen MR) is 47.7 cm³/mol. The molecule has 1 aliphatic heterocycles. The SMILES string of the molecule is CC1Cc2cc([N+](=O)[O-])cnc2N1. The number of anilines is 1. The van der Waals surface area contributed by atoms with Crippen molar-refractivity contribution in [2.75, 3.05) is 5.32 Å². The minimum Gasteiger partial charge on any atom is -0.367 e. The number of aromatic nitrogens is 1. The summed E-state index contributed by atoms with van der Waals surface area (Å²) < 4.78 is 0. The highest BCUT2D eigenvalue weighted by molar-refractivity contribution is 5.53. The zero-order chi connectivity index (χ0) is 9.42. The molecule has 0 aliphatic carbocycles. The van der Waals surface area contributed by atoms with E-state index < -0.39 is 4.92 Å². The van der Waals surface area contributed by atoms with Crippen LogP contribution < -0.4 is 5.32 Å². The van der Waals surface area contributed by atoms with Gasteiger partial charge in [0.25, 0.3) is 5.69 Å². The van der Waals surface area contributed by atoms with Gasteiger partial charge in [-0.1, -0.05) is 0 Å². The lowest BCUT2D eigenvalue weighted by molar-refractivity contribution is -0.385. The molecule has 5 nitrogen and oxygen atoms in total. The molecule has 68 valence electrons. The van der Waals surface area contributed by atoms with E-state index in [1.54, 1.807) is 6.07 Å². The molecule has 1 unspecified atom stereocenters. The highest BCUT2D eigenvalue weighted by atomic mass is 16.6. The van der Waals surface area contributed by atoms with Gasteiger partial charge in [0.05, 0.1) is 4.92 Å². The molecular formula is C8H9N3O2. The summed E-state index contributed by atoms with van der Waals surface area (Å²) in [5.41, 5.74) is 0.997. The van der Waals surface area contributed by atoms with Crippen LogP contribution in [0.4, 0.5) is 11.5 Å². The van der Waals surface area contributed by atoms with Crippen molar-refractivity contribution in [3.8, 4) is 0 Å². The lowest BCUT2D eigenvalue weighted by atomic mass is 10.1. The lowest BCUT2D eigenvalue weighted by Gasteiger charge is -1.99. The van der Waals surface area contributed by atoms with E-state index >= 15 is 0 Å². The van der Waals surface area contributed by atoms with Gasteiger partial charge in [-0.2, -0.15) is 0 Å². The van der Waals surface area contributed by atoms with Crippen molar-refractivity contribution in [2.45, 2.75) is 19.4 Å². The Labute approximate surface area is 74.9 Å². The van der Waals surface area contributed by atoms with E-state index in [0.29, 0.717) is 6.04 Å². The van der Waals surface area contributed by atoms with Crippen molar-refractivity contribution >= 4 is 11.5 Å². The first-order chi connectivity index (χ1) is 6.16. The van der Waals surface area contributed by atoms with Crippen LogP contribution in [-0.4, -0.2) is 15.9 Å². The maximum atomic E-state index is 10.4. The molecule has 2 heterocycles. The van der Waals surface area contributed by atoms with E-state index in [2.05, 4.69) is 10.3 Å². The van der Waals surface area contributed by atoms with E-state index in [9.17, 15) is 10.1 Å². The lowest BCUT2D eigenvalue weighted by Crippen LogP contribution is -2.08. The van der Waals surface area contributed by atoms with E-state index in [-0.39, 0.29) is 5.69 Å². The Morgan fingerprint density at radius 3 is 3.23 bits per heavy atom. The maximum Gasteiger partial charge on any atom is 0.288 e. The molecule has 0 spiro atoms. The Kier molecular flexibility index (Phi) is 1.65. The Morgan fingerprint density at radius 1 is 1.77 bits per heavy atom. The molecule has 1 atom stereocenters. The van der Waals surface area contributed by atoms with Crippen molar-refractivity contribution in [2.24, 2.45) is 0 Å².